The number of carbonyl (C=O) groups is 2. The predicted octanol–water partition coefficient (Wildman–Crippen LogP) is 4.10. The first kappa shape index (κ1) is 17.7. The monoisotopic (exact) mass is 382 g/mol. The first-order chi connectivity index (χ1) is 13.1. The van der Waals surface area contributed by atoms with Gasteiger partial charge < -0.3 is 10.0 Å². The van der Waals surface area contributed by atoms with E-state index in [9.17, 15) is 14.7 Å². The molecule has 1 unspecified atom stereocenters. The minimum Gasteiger partial charge on any atom is -0.507 e. The van der Waals surface area contributed by atoms with Crippen LogP contribution in [0.25, 0.3) is 5.76 Å². The number of ketones is 1. The number of nitrogens with zero attached hydrogens (tertiary/aromatic N) is 2. The van der Waals surface area contributed by atoms with Gasteiger partial charge in [0, 0.05) is 29.0 Å². The number of hydrogen-bond acceptors (Lipinski definition) is 4. The first-order valence-corrected chi connectivity index (χ1v) is 9.41. The molecule has 1 aliphatic heterocycles. The molecular weight excluding hydrogens is 364 g/mol. The summed E-state index contributed by atoms with van der Waals surface area (Å²) in [5, 5.41) is 11.4. The molecule has 1 aromatic heterocycles. The molecule has 2 aliphatic rings. The van der Waals surface area contributed by atoms with Crippen LogP contribution < -0.4 is 0 Å². The lowest BCUT2D eigenvalue weighted by Crippen LogP contribution is -2.37. The van der Waals surface area contributed by atoms with Gasteiger partial charge in [0.05, 0.1) is 11.6 Å². The molecule has 1 aliphatic carbocycles. The van der Waals surface area contributed by atoms with E-state index in [0.717, 1.165) is 25.7 Å². The van der Waals surface area contributed by atoms with Gasteiger partial charge in [0.15, 0.2) is 0 Å². The van der Waals surface area contributed by atoms with Crippen LogP contribution >= 0.6 is 11.6 Å². The Hall–Kier alpha value is -2.66. The van der Waals surface area contributed by atoms with E-state index in [-0.39, 0.29) is 17.4 Å². The van der Waals surface area contributed by atoms with Crippen molar-refractivity contribution >= 4 is 29.1 Å². The summed E-state index contributed by atoms with van der Waals surface area (Å²) in [6, 6.07) is 9.60. The van der Waals surface area contributed by atoms with E-state index in [1.54, 1.807) is 47.6 Å². The second-order valence-electron chi connectivity index (χ2n) is 6.94. The fourth-order valence-corrected chi connectivity index (χ4v) is 4.26. The number of likely N-dealkylation sites (tertiary alicyclic amines) is 1. The maximum atomic E-state index is 12.9. The molecule has 0 radical (unpaired) electrons. The van der Waals surface area contributed by atoms with Crippen LogP contribution in [0.5, 0.6) is 0 Å². The Labute approximate surface area is 162 Å². The van der Waals surface area contributed by atoms with Crippen molar-refractivity contribution in [1.29, 1.82) is 0 Å². The highest BCUT2D eigenvalue weighted by atomic mass is 35.5. The summed E-state index contributed by atoms with van der Waals surface area (Å²) >= 11 is 6.04. The van der Waals surface area contributed by atoms with Crippen LogP contribution in [0.15, 0.2) is 54.4 Å². The highest BCUT2D eigenvalue weighted by molar-refractivity contribution is 6.46. The lowest BCUT2D eigenvalue weighted by Gasteiger charge is -2.30. The average Bonchev–Trinajstić information content (AvgIpc) is 3.29. The molecular formula is C21H19ClN2O3. The molecule has 5 nitrogen and oxygen atoms in total. The minimum atomic E-state index is -0.659. The summed E-state index contributed by atoms with van der Waals surface area (Å²) in [5.41, 5.74) is 1.23. The molecule has 6 heteroatoms. The number of Topliss-reactive ketones (excluding diaryl/α,β-unsaturated/α-hetero) is 1. The van der Waals surface area contributed by atoms with Crippen LogP contribution in [-0.4, -0.2) is 32.7 Å². The van der Waals surface area contributed by atoms with Gasteiger partial charge in [-0.25, -0.2) is 0 Å². The van der Waals surface area contributed by atoms with E-state index in [1.165, 1.54) is 0 Å². The standard InChI is InChI=1S/C21H19ClN2O3/c22-15-7-3-5-13(11-15)19(25)17-18(14-6-4-10-23-12-14)24(21(27)20(17)26)16-8-1-2-9-16/h3-7,10-12,16,18,25H,1-2,8-9H2/b19-17-. The third kappa shape index (κ3) is 3.12. The molecule has 27 heavy (non-hydrogen) atoms. The second-order valence-corrected chi connectivity index (χ2v) is 7.38. The van der Waals surface area contributed by atoms with Gasteiger partial charge in [-0.3, -0.25) is 14.6 Å². The predicted molar refractivity (Wildman–Crippen MR) is 102 cm³/mol. The van der Waals surface area contributed by atoms with Crippen LogP contribution in [0, 0.1) is 0 Å². The van der Waals surface area contributed by atoms with Crippen molar-refractivity contribution in [3.8, 4) is 0 Å². The molecule has 1 atom stereocenters. The average molecular weight is 383 g/mol. The molecule has 1 saturated heterocycles. The van der Waals surface area contributed by atoms with Gasteiger partial charge in [0.25, 0.3) is 11.7 Å². The second kappa shape index (κ2) is 7.16. The molecule has 0 spiro atoms. The molecule has 1 aromatic carbocycles. The Morgan fingerprint density at radius 1 is 1.15 bits per heavy atom. The number of pyridine rings is 1. The van der Waals surface area contributed by atoms with Gasteiger partial charge in [-0.1, -0.05) is 42.6 Å². The molecule has 2 fully saturated rings. The fourth-order valence-electron chi connectivity index (χ4n) is 4.07. The number of benzene rings is 1. The molecule has 1 N–H and O–H groups in total. The van der Waals surface area contributed by atoms with Crippen molar-refractivity contribution in [1.82, 2.24) is 9.88 Å². The summed E-state index contributed by atoms with van der Waals surface area (Å²) in [7, 11) is 0. The molecule has 2 heterocycles. The molecule has 138 valence electrons. The zero-order chi connectivity index (χ0) is 19.0. The lowest BCUT2D eigenvalue weighted by atomic mass is 9.95. The Balaban J connectivity index is 1.89. The van der Waals surface area contributed by atoms with E-state index in [4.69, 9.17) is 11.6 Å². The summed E-state index contributed by atoms with van der Waals surface area (Å²) in [5.74, 6) is -1.42. The maximum Gasteiger partial charge on any atom is 0.295 e. The van der Waals surface area contributed by atoms with Crippen LogP contribution in [0.3, 0.4) is 0 Å². The number of aliphatic hydroxyl groups excluding tert-OH is 1. The highest BCUT2D eigenvalue weighted by Crippen LogP contribution is 2.43. The topological polar surface area (TPSA) is 70.5 Å². The Morgan fingerprint density at radius 2 is 1.93 bits per heavy atom. The number of aromatic nitrogens is 1. The Morgan fingerprint density at radius 3 is 2.59 bits per heavy atom. The zero-order valence-electron chi connectivity index (χ0n) is 14.6. The van der Waals surface area contributed by atoms with Gasteiger partial charge in [-0.05, 0) is 36.6 Å². The number of hydrogen-bond donors (Lipinski definition) is 1. The van der Waals surface area contributed by atoms with Crippen molar-refractivity contribution in [2.75, 3.05) is 0 Å². The van der Waals surface area contributed by atoms with Crippen LogP contribution in [0.4, 0.5) is 0 Å². The van der Waals surface area contributed by atoms with Crippen molar-refractivity contribution in [2.24, 2.45) is 0 Å². The largest absolute Gasteiger partial charge is 0.507 e. The summed E-state index contributed by atoms with van der Waals surface area (Å²) in [6.07, 6.45) is 7.07. The van der Waals surface area contributed by atoms with Gasteiger partial charge in [-0.15, -0.1) is 0 Å². The van der Waals surface area contributed by atoms with Gasteiger partial charge in [0.1, 0.15) is 5.76 Å². The number of rotatable bonds is 3. The third-order valence-electron chi connectivity index (χ3n) is 5.30. The van der Waals surface area contributed by atoms with Crippen molar-refractivity contribution in [3.05, 3.63) is 70.5 Å². The molecule has 1 saturated carbocycles. The quantitative estimate of drug-likeness (QED) is 0.493. The summed E-state index contributed by atoms with van der Waals surface area (Å²) < 4.78 is 0. The van der Waals surface area contributed by atoms with Crippen molar-refractivity contribution < 1.29 is 14.7 Å². The Bertz CT molecular complexity index is 920. The first-order valence-electron chi connectivity index (χ1n) is 9.04. The van der Waals surface area contributed by atoms with E-state index in [2.05, 4.69) is 4.98 Å². The minimum absolute atomic E-state index is 0.00341. The zero-order valence-corrected chi connectivity index (χ0v) is 15.4. The van der Waals surface area contributed by atoms with Crippen molar-refractivity contribution in [3.63, 3.8) is 0 Å². The SMILES string of the molecule is O=C1C(=O)N(C2CCCC2)C(c2cccnc2)/C1=C(/O)c1cccc(Cl)c1. The number of halogens is 1. The molecule has 2 aromatic rings. The van der Waals surface area contributed by atoms with E-state index < -0.39 is 17.7 Å². The fraction of sp³-hybridized carbons (Fsp3) is 0.286. The van der Waals surface area contributed by atoms with Crippen LogP contribution in [-0.2, 0) is 9.59 Å². The van der Waals surface area contributed by atoms with E-state index >= 15 is 0 Å². The van der Waals surface area contributed by atoms with Gasteiger partial charge in [0.2, 0.25) is 0 Å². The van der Waals surface area contributed by atoms with Crippen LogP contribution in [0.1, 0.15) is 42.9 Å². The normalized spacial score (nSPS) is 22.6. The molecule has 4 rings (SSSR count). The van der Waals surface area contributed by atoms with Gasteiger partial charge >= 0.3 is 0 Å². The van der Waals surface area contributed by atoms with E-state index in [1.807, 2.05) is 6.07 Å². The van der Waals surface area contributed by atoms with Crippen LogP contribution in [0.2, 0.25) is 5.02 Å². The number of amides is 1. The van der Waals surface area contributed by atoms with Crippen molar-refractivity contribution in [2.45, 2.75) is 37.8 Å². The lowest BCUT2D eigenvalue weighted by molar-refractivity contribution is -0.141. The summed E-state index contributed by atoms with van der Waals surface area (Å²) in [4.78, 5) is 31.6. The Kier molecular flexibility index (Phi) is 4.70. The number of aliphatic hydroxyl groups is 1. The molecule has 1 amide bonds. The summed E-state index contributed by atoms with van der Waals surface area (Å²) in [6.45, 7) is 0. The number of carbonyl (C=O) groups excluding carboxylic acids is 2. The van der Waals surface area contributed by atoms with E-state index in [0.29, 0.717) is 16.1 Å². The van der Waals surface area contributed by atoms with Gasteiger partial charge in [-0.2, -0.15) is 0 Å². The molecule has 0 bridgehead atoms. The highest BCUT2D eigenvalue weighted by Gasteiger charge is 2.49. The third-order valence-corrected chi connectivity index (χ3v) is 5.53. The maximum absolute atomic E-state index is 12.9. The smallest absolute Gasteiger partial charge is 0.295 e.